The SMILES string of the molecule is NC(=O)COc1ccc(NC2=CC(=O)N(CCO)C2=O)cc1. The number of β-amino-alcohol motifs (C(OH)–C–C–N with tert-alkyl or cyclic N) is 1. The first-order chi connectivity index (χ1) is 10.5. The highest BCUT2D eigenvalue weighted by Crippen LogP contribution is 2.20. The Morgan fingerprint density at radius 1 is 1.27 bits per heavy atom. The molecule has 116 valence electrons. The van der Waals surface area contributed by atoms with Crippen LogP contribution in [0.2, 0.25) is 0 Å². The molecule has 1 aromatic carbocycles. The van der Waals surface area contributed by atoms with Crippen LogP contribution < -0.4 is 15.8 Å². The number of rotatable bonds is 7. The highest BCUT2D eigenvalue weighted by atomic mass is 16.5. The molecule has 1 aliphatic heterocycles. The normalized spacial score (nSPS) is 14.0. The van der Waals surface area contributed by atoms with Crippen LogP contribution in [0.1, 0.15) is 0 Å². The maximum Gasteiger partial charge on any atom is 0.277 e. The van der Waals surface area contributed by atoms with E-state index in [2.05, 4.69) is 5.32 Å². The van der Waals surface area contributed by atoms with Crippen LogP contribution in [0.15, 0.2) is 36.0 Å². The largest absolute Gasteiger partial charge is 0.484 e. The number of imide groups is 1. The van der Waals surface area contributed by atoms with E-state index < -0.39 is 17.7 Å². The van der Waals surface area contributed by atoms with Crippen molar-refractivity contribution in [3.8, 4) is 5.75 Å². The van der Waals surface area contributed by atoms with Gasteiger partial charge in [-0.2, -0.15) is 0 Å². The lowest BCUT2D eigenvalue weighted by atomic mass is 10.3. The van der Waals surface area contributed by atoms with Crippen molar-refractivity contribution >= 4 is 23.4 Å². The molecule has 0 spiro atoms. The summed E-state index contributed by atoms with van der Waals surface area (Å²) >= 11 is 0. The van der Waals surface area contributed by atoms with Crippen LogP contribution in [0.25, 0.3) is 0 Å². The van der Waals surface area contributed by atoms with Crippen molar-refractivity contribution in [2.24, 2.45) is 5.73 Å². The fraction of sp³-hybridized carbons (Fsp3) is 0.214. The number of benzene rings is 1. The lowest BCUT2D eigenvalue weighted by Gasteiger charge is -2.13. The maximum atomic E-state index is 11.9. The van der Waals surface area contributed by atoms with Gasteiger partial charge in [0.1, 0.15) is 11.4 Å². The Hall–Kier alpha value is -2.87. The van der Waals surface area contributed by atoms with Gasteiger partial charge in [-0.05, 0) is 24.3 Å². The van der Waals surface area contributed by atoms with Gasteiger partial charge in [-0.15, -0.1) is 0 Å². The summed E-state index contributed by atoms with van der Waals surface area (Å²) in [6, 6.07) is 6.45. The number of nitrogens with two attached hydrogens (primary N) is 1. The van der Waals surface area contributed by atoms with Gasteiger partial charge < -0.3 is 20.9 Å². The molecule has 0 radical (unpaired) electrons. The van der Waals surface area contributed by atoms with E-state index in [9.17, 15) is 14.4 Å². The first-order valence-corrected chi connectivity index (χ1v) is 6.48. The minimum atomic E-state index is -0.577. The first-order valence-electron chi connectivity index (χ1n) is 6.48. The van der Waals surface area contributed by atoms with Crippen LogP contribution >= 0.6 is 0 Å². The molecule has 0 aromatic heterocycles. The monoisotopic (exact) mass is 305 g/mol. The van der Waals surface area contributed by atoms with E-state index in [0.717, 1.165) is 4.90 Å². The molecule has 4 N–H and O–H groups in total. The molecular formula is C14H15N3O5. The summed E-state index contributed by atoms with van der Waals surface area (Å²) in [5.74, 6) is -1.09. The smallest absolute Gasteiger partial charge is 0.277 e. The Bertz CT molecular complexity index is 624. The van der Waals surface area contributed by atoms with E-state index in [-0.39, 0.29) is 25.5 Å². The quantitative estimate of drug-likeness (QED) is 0.567. The van der Waals surface area contributed by atoms with Gasteiger partial charge in [-0.1, -0.05) is 0 Å². The van der Waals surface area contributed by atoms with Crippen molar-refractivity contribution in [1.82, 2.24) is 4.90 Å². The molecule has 1 aliphatic rings. The fourth-order valence-electron chi connectivity index (χ4n) is 1.85. The van der Waals surface area contributed by atoms with Gasteiger partial charge in [-0.3, -0.25) is 19.3 Å². The zero-order valence-corrected chi connectivity index (χ0v) is 11.6. The van der Waals surface area contributed by atoms with Gasteiger partial charge in [0.05, 0.1) is 13.2 Å². The van der Waals surface area contributed by atoms with E-state index in [0.29, 0.717) is 11.4 Å². The number of hydrogen-bond donors (Lipinski definition) is 3. The third-order valence-corrected chi connectivity index (χ3v) is 2.85. The standard InChI is InChI=1S/C14H15N3O5/c15-12(19)8-22-10-3-1-9(2-4-10)16-11-7-13(20)17(5-6-18)14(11)21/h1-4,7,16,18H,5-6,8H2,(H2,15,19). The second-order valence-corrected chi connectivity index (χ2v) is 4.48. The Morgan fingerprint density at radius 3 is 2.55 bits per heavy atom. The topological polar surface area (TPSA) is 122 Å². The van der Waals surface area contributed by atoms with Crippen LogP contribution in [0.4, 0.5) is 5.69 Å². The van der Waals surface area contributed by atoms with Crippen LogP contribution in [-0.2, 0) is 14.4 Å². The Morgan fingerprint density at radius 2 is 1.95 bits per heavy atom. The van der Waals surface area contributed by atoms with Gasteiger partial charge in [0.25, 0.3) is 17.7 Å². The second-order valence-electron chi connectivity index (χ2n) is 4.48. The number of carbonyl (C=O) groups excluding carboxylic acids is 3. The average molecular weight is 305 g/mol. The van der Waals surface area contributed by atoms with Gasteiger partial charge in [0.2, 0.25) is 0 Å². The number of carbonyl (C=O) groups is 3. The molecule has 1 aromatic rings. The highest BCUT2D eigenvalue weighted by Gasteiger charge is 2.30. The number of nitrogens with one attached hydrogen (secondary N) is 1. The number of aliphatic hydroxyl groups excluding tert-OH is 1. The van der Waals surface area contributed by atoms with Crippen LogP contribution in [0.5, 0.6) is 5.75 Å². The van der Waals surface area contributed by atoms with Gasteiger partial charge >= 0.3 is 0 Å². The van der Waals surface area contributed by atoms with Crippen LogP contribution in [-0.4, -0.2) is 47.5 Å². The summed E-state index contributed by atoms with van der Waals surface area (Å²) in [6.45, 7) is -0.551. The minimum Gasteiger partial charge on any atom is -0.484 e. The lowest BCUT2D eigenvalue weighted by Crippen LogP contribution is -2.34. The predicted molar refractivity (Wildman–Crippen MR) is 76.6 cm³/mol. The molecule has 3 amide bonds. The molecule has 2 rings (SSSR count). The molecule has 0 saturated carbocycles. The Labute approximate surface area is 126 Å². The number of amides is 3. The number of ether oxygens (including phenoxy) is 1. The Kier molecular flexibility index (Phi) is 4.74. The van der Waals surface area contributed by atoms with Crippen molar-refractivity contribution < 1.29 is 24.2 Å². The van der Waals surface area contributed by atoms with Crippen molar-refractivity contribution in [1.29, 1.82) is 0 Å². The zero-order valence-electron chi connectivity index (χ0n) is 11.6. The van der Waals surface area contributed by atoms with Gasteiger partial charge in [0, 0.05) is 11.8 Å². The summed E-state index contributed by atoms with van der Waals surface area (Å²) in [7, 11) is 0. The van der Waals surface area contributed by atoms with E-state index in [1.807, 2.05) is 0 Å². The van der Waals surface area contributed by atoms with Crippen LogP contribution in [0.3, 0.4) is 0 Å². The van der Waals surface area contributed by atoms with Gasteiger partial charge in [0.15, 0.2) is 6.61 Å². The molecule has 0 aliphatic carbocycles. The molecule has 1 heterocycles. The van der Waals surface area contributed by atoms with Gasteiger partial charge in [-0.25, -0.2) is 0 Å². The number of nitrogens with zero attached hydrogens (tertiary/aromatic N) is 1. The third kappa shape index (κ3) is 3.61. The van der Waals surface area contributed by atoms with Crippen molar-refractivity contribution in [2.75, 3.05) is 25.1 Å². The Balaban J connectivity index is 1.99. The molecule has 0 bridgehead atoms. The van der Waals surface area contributed by atoms with Crippen LogP contribution in [0, 0.1) is 0 Å². The lowest BCUT2D eigenvalue weighted by molar-refractivity contribution is -0.137. The summed E-state index contributed by atoms with van der Waals surface area (Å²) in [5.41, 5.74) is 5.67. The van der Waals surface area contributed by atoms with Crippen molar-refractivity contribution in [3.63, 3.8) is 0 Å². The maximum absolute atomic E-state index is 11.9. The summed E-state index contributed by atoms with van der Waals surface area (Å²) < 4.78 is 5.11. The summed E-state index contributed by atoms with van der Waals surface area (Å²) in [5, 5.41) is 11.6. The molecule has 22 heavy (non-hydrogen) atoms. The summed E-state index contributed by atoms with van der Waals surface area (Å²) in [6.07, 6.45) is 1.18. The molecule has 0 saturated heterocycles. The van der Waals surface area contributed by atoms with E-state index in [1.165, 1.54) is 6.08 Å². The minimum absolute atomic E-state index is 0.0424. The number of anilines is 1. The molecule has 0 atom stereocenters. The number of primary amides is 1. The van der Waals surface area contributed by atoms with E-state index >= 15 is 0 Å². The second kappa shape index (κ2) is 6.72. The predicted octanol–water partition coefficient (Wildman–Crippen LogP) is -0.792. The summed E-state index contributed by atoms with van der Waals surface area (Å²) in [4.78, 5) is 35.1. The van der Waals surface area contributed by atoms with E-state index in [1.54, 1.807) is 24.3 Å². The molecular weight excluding hydrogens is 290 g/mol. The zero-order chi connectivity index (χ0) is 16.1. The third-order valence-electron chi connectivity index (χ3n) is 2.85. The fourth-order valence-corrected chi connectivity index (χ4v) is 1.85. The average Bonchev–Trinajstić information content (AvgIpc) is 2.74. The molecule has 8 nitrogen and oxygen atoms in total. The number of hydrogen-bond acceptors (Lipinski definition) is 6. The highest BCUT2D eigenvalue weighted by molar-refractivity contribution is 6.17. The van der Waals surface area contributed by atoms with E-state index in [4.69, 9.17) is 15.6 Å². The first kappa shape index (κ1) is 15.5. The molecule has 8 heteroatoms. The molecule has 0 fully saturated rings. The molecule has 0 unspecified atom stereocenters. The van der Waals surface area contributed by atoms with Crippen molar-refractivity contribution in [2.45, 2.75) is 0 Å². The number of aliphatic hydroxyl groups is 1. The van der Waals surface area contributed by atoms with Crippen molar-refractivity contribution in [3.05, 3.63) is 36.0 Å².